The lowest BCUT2D eigenvalue weighted by molar-refractivity contribution is 0.819. The number of hydrogen-bond acceptors (Lipinski definition) is 1. The molecule has 106 valence electrons. The van der Waals surface area contributed by atoms with E-state index in [-0.39, 0.29) is 0 Å². The Morgan fingerprint density at radius 3 is 2.62 bits per heavy atom. The Morgan fingerprint density at radius 1 is 1.00 bits per heavy atom. The highest BCUT2D eigenvalue weighted by molar-refractivity contribution is 6.30. The number of fused-ring (bicyclic) bond motifs is 1. The van der Waals surface area contributed by atoms with E-state index in [1.165, 1.54) is 33.0 Å². The lowest BCUT2D eigenvalue weighted by atomic mass is 9.91. The second kappa shape index (κ2) is 5.88. The van der Waals surface area contributed by atoms with Gasteiger partial charge in [0.1, 0.15) is 0 Å². The Hall–Kier alpha value is -1.83. The Labute approximate surface area is 130 Å². The summed E-state index contributed by atoms with van der Waals surface area (Å²) in [5.74, 6) is 0. The van der Waals surface area contributed by atoms with Gasteiger partial charge in [-0.15, -0.1) is 0 Å². The minimum absolute atomic E-state index is 0.780. The quantitative estimate of drug-likeness (QED) is 0.701. The van der Waals surface area contributed by atoms with Gasteiger partial charge >= 0.3 is 0 Å². The fourth-order valence-corrected chi connectivity index (χ4v) is 3.08. The summed E-state index contributed by atoms with van der Waals surface area (Å²) in [4.78, 5) is 0. The van der Waals surface area contributed by atoms with E-state index in [4.69, 9.17) is 11.6 Å². The van der Waals surface area contributed by atoms with Crippen LogP contribution in [0.25, 0.3) is 21.9 Å². The molecule has 2 heteroatoms. The molecule has 0 unspecified atom stereocenters. The average Bonchev–Trinajstić information content (AvgIpc) is 2.49. The lowest BCUT2D eigenvalue weighted by Crippen LogP contribution is -2.06. The molecule has 3 rings (SSSR count). The molecular weight excluding hydrogens is 278 g/mol. The number of nitrogens with one attached hydrogen (secondary N) is 1. The van der Waals surface area contributed by atoms with Gasteiger partial charge in [0, 0.05) is 11.6 Å². The minimum Gasteiger partial charge on any atom is -0.316 e. The zero-order valence-corrected chi connectivity index (χ0v) is 13.0. The molecule has 3 aromatic rings. The van der Waals surface area contributed by atoms with Gasteiger partial charge in [-0.25, -0.2) is 0 Å². The van der Waals surface area contributed by atoms with E-state index in [1.807, 2.05) is 13.1 Å². The van der Waals surface area contributed by atoms with Crippen molar-refractivity contribution in [3.05, 3.63) is 70.7 Å². The van der Waals surface area contributed by atoms with Gasteiger partial charge in [-0.2, -0.15) is 0 Å². The Kier molecular flexibility index (Phi) is 3.96. The smallest absolute Gasteiger partial charge is 0.0409 e. The van der Waals surface area contributed by atoms with Gasteiger partial charge in [-0.3, -0.25) is 0 Å². The normalized spacial score (nSPS) is 11.0. The first-order valence-electron chi connectivity index (χ1n) is 7.12. The summed E-state index contributed by atoms with van der Waals surface area (Å²) in [6.45, 7) is 2.97. The van der Waals surface area contributed by atoms with Crippen molar-refractivity contribution in [2.75, 3.05) is 7.05 Å². The number of halogens is 1. The van der Waals surface area contributed by atoms with Crippen molar-refractivity contribution in [1.29, 1.82) is 0 Å². The second-order valence-corrected chi connectivity index (χ2v) is 5.75. The summed E-state index contributed by atoms with van der Waals surface area (Å²) in [6.07, 6.45) is 0. The average molecular weight is 296 g/mol. The van der Waals surface area contributed by atoms with E-state index in [1.54, 1.807) is 0 Å². The van der Waals surface area contributed by atoms with Crippen LogP contribution in [0.1, 0.15) is 11.1 Å². The minimum atomic E-state index is 0.780. The van der Waals surface area contributed by atoms with Crippen molar-refractivity contribution >= 4 is 22.4 Å². The molecule has 0 spiro atoms. The summed E-state index contributed by atoms with van der Waals surface area (Å²) < 4.78 is 0. The molecule has 0 heterocycles. The Morgan fingerprint density at radius 2 is 1.81 bits per heavy atom. The molecule has 0 saturated carbocycles. The molecule has 0 radical (unpaired) electrons. The van der Waals surface area contributed by atoms with Crippen LogP contribution in [0.3, 0.4) is 0 Å². The largest absolute Gasteiger partial charge is 0.316 e. The van der Waals surface area contributed by atoms with Crippen LogP contribution < -0.4 is 5.32 Å². The molecule has 0 saturated heterocycles. The highest BCUT2D eigenvalue weighted by Gasteiger charge is 2.11. The van der Waals surface area contributed by atoms with Crippen LogP contribution in [0.2, 0.25) is 5.02 Å². The number of rotatable bonds is 3. The summed E-state index contributed by atoms with van der Waals surface area (Å²) in [5.41, 5.74) is 5.07. The van der Waals surface area contributed by atoms with E-state index in [2.05, 4.69) is 60.8 Å². The molecule has 0 aliphatic rings. The molecule has 0 fully saturated rings. The van der Waals surface area contributed by atoms with Crippen molar-refractivity contribution < 1.29 is 0 Å². The van der Waals surface area contributed by atoms with Crippen molar-refractivity contribution in [2.45, 2.75) is 13.5 Å². The van der Waals surface area contributed by atoms with Gasteiger partial charge in [0.2, 0.25) is 0 Å². The summed E-state index contributed by atoms with van der Waals surface area (Å²) in [7, 11) is 1.96. The number of hydrogen-bond donors (Lipinski definition) is 1. The molecule has 0 amide bonds. The maximum atomic E-state index is 6.17. The SMILES string of the molecule is CNCc1cc(Cl)ccc1-c1c(C)ccc2ccccc12. The molecule has 0 bridgehead atoms. The molecule has 0 aromatic heterocycles. The summed E-state index contributed by atoms with van der Waals surface area (Å²) in [6, 6.07) is 19.0. The van der Waals surface area contributed by atoms with Crippen molar-refractivity contribution in [3.8, 4) is 11.1 Å². The maximum Gasteiger partial charge on any atom is 0.0409 e. The Balaban J connectivity index is 2.32. The van der Waals surface area contributed by atoms with Gasteiger partial charge in [-0.1, -0.05) is 54.1 Å². The van der Waals surface area contributed by atoms with Crippen LogP contribution in [0.4, 0.5) is 0 Å². The molecule has 21 heavy (non-hydrogen) atoms. The van der Waals surface area contributed by atoms with Crippen molar-refractivity contribution in [1.82, 2.24) is 5.32 Å². The van der Waals surface area contributed by atoms with Gasteiger partial charge < -0.3 is 5.32 Å². The molecule has 1 N–H and O–H groups in total. The third-order valence-corrected chi connectivity index (χ3v) is 4.08. The fourth-order valence-electron chi connectivity index (χ4n) is 2.88. The van der Waals surface area contributed by atoms with Crippen LogP contribution in [-0.2, 0) is 6.54 Å². The highest BCUT2D eigenvalue weighted by atomic mass is 35.5. The zero-order chi connectivity index (χ0) is 14.8. The first-order chi connectivity index (χ1) is 10.2. The topological polar surface area (TPSA) is 12.0 Å². The van der Waals surface area contributed by atoms with Crippen LogP contribution in [0.5, 0.6) is 0 Å². The lowest BCUT2D eigenvalue weighted by Gasteiger charge is -2.15. The third-order valence-electron chi connectivity index (χ3n) is 3.84. The molecule has 1 nitrogen and oxygen atoms in total. The predicted octanol–water partition coefficient (Wildman–Crippen LogP) is 5.19. The molecule has 0 atom stereocenters. The van der Waals surface area contributed by atoms with Crippen LogP contribution in [0.15, 0.2) is 54.6 Å². The second-order valence-electron chi connectivity index (χ2n) is 5.31. The van der Waals surface area contributed by atoms with E-state index in [9.17, 15) is 0 Å². The van der Waals surface area contributed by atoms with Crippen LogP contribution in [-0.4, -0.2) is 7.05 Å². The van der Waals surface area contributed by atoms with E-state index in [0.29, 0.717) is 0 Å². The third kappa shape index (κ3) is 2.67. The van der Waals surface area contributed by atoms with E-state index >= 15 is 0 Å². The highest BCUT2D eigenvalue weighted by Crippen LogP contribution is 2.35. The molecule has 0 aliphatic carbocycles. The van der Waals surface area contributed by atoms with Gasteiger partial charge in [0.15, 0.2) is 0 Å². The summed E-state index contributed by atoms with van der Waals surface area (Å²) >= 11 is 6.17. The number of benzene rings is 3. The molecule has 3 aromatic carbocycles. The Bertz CT molecular complexity index is 793. The van der Waals surface area contributed by atoms with Crippen molar-refractivity contribution in [3.63, 3.8) is 0 Å². The van der Waals surface area contributed by atoms with Gasteiger partial charge in [0.05, 0.1) is 0 Å². The summed E-state index contributed by atoms with van der Waals surface area (Å²) in [5, 5.41) is 6.57. The van der Waals surface area contributed by atoms with Gasteiger partial charge in [0.25, 0.3) is 0 Å². The molecule has 0 aliphatic heterocycles. The van der Waals surface area contributed by atoms with Crippen LogP contribution in [0, 0.1) is 6.92 Å². The number of aryl methyl sites for hydroxylation is 1. The van der Waals surface area contributed by atoms with Crippen LogP contribution >= 0.6 is 11.6 Å². The standard InChI is InChI=1S/C19H18ClN/c1-13-7-8-14-5-3-4-6-17(14)19(13)18-10-9-16(20)11-15(18)12-21-2/h3-11,21H,12H2,1-2H3. The first-order valence-corrected chi connectivity index (χ1v) is 7.50. The predicted molar refractivity (Wildman–Crippen MR) is 91.9 cm³/mol. The maximum absolute atomic E-state index is 6.17. The fraction of sp³-hybridized carbons (Fsp3) is 0.158. The molecular formula is C19H18ClN. The zero-order valence-electron chi connectivity index (χ0n) is 12.3. The monoisotopic (exact) mass is 295 g/mol. The van der Waals surface area contributed by atoms with E-state index in [0.717, 1.165) is 11.6 Å². The van der Waals surface area contributed by atoms with E-state index < -0.39 is 0 Å². The first kappa shape index (κ1) is 14.1. The van der Waals surface area contributed by atoms with Gasteiger partial charge in [-0.05, 0) is 59.1 Å². The van der Waals surface area contributed by atoms with Crippen molar-refractivity contribution in [2.24, 2.45) is 0 Å².